The Balaban J connectivity index is 0.00000154. The molecule has 4 aromatic carbocycles. The molecule has 0 bridgehead atoms. The summed E-state index contributed by atoms with van der Waals surface area (Å²) in [7, 11) is 0. The van der Waals surface area contributed by atoms with Crippen LogP contribution in [0.3, 0.4) is 0 Å². The van der Waals surface area contributed by atoms with Crippen molar-refractivity contribution < 1.29 is 45.7 Å². The van der Waals surface area contributed by atoms with Crippen LogP contribution >= 0.6 is 0 Å². The van der Waals surface area contributed by atoms with E-state index in [2.05, 4.69) is 126 Å². The summed E-state index contributed by atoms with van der Waals surface area (Å²) in [5.41, 5.74) is 14.0. The van der Waals surface area contributed by atoms with E-state index < -0.39 is 26.8 Å². The molecule has 1 aliphatic carbocycles. The maximum absolute atomic E-state index is 2.66. The van der Waals surface area contributed by atoms with Crippen molar-refractivity contribution in [1.29, 1.82) is 0 Å². The number of allylic oxidation sites excluding steroid dienone is 1. The Morgan fingerprint density at radius 2 is 1.44 bits per heavy atom. The fraction of sp³-hybridized carbons (Fsp3) is 0.257. The quantitative estimate of drug-likeness (QED) is 0.293. The van der Waals surface area contributed by atoms with Crippen LogP contribution in [0.15, 0.2) is 84.4 Å². The summed E-state index contributed by atoms with van der Waals surface area (Å²) in [6, 6.07) is 30.8. The van der Waals surface area contributed by atoms with Crippen molar-refractivity contribution in [2.75, 3.05) is 0 Å². The second kappa shape index (κ2) is 10.3. The van der Waals surface area contributed by atoms with E-state index >= 15 is 0 Å². The number of hydrogen-bond acceptors (Lipinski definition) is 0. The monoisotopic (exact) mass is 643 g/mol. The van der Waals surface area contributed by atoms with E-state index in [0.717, 1.165) is 0 Å². The number of halogens is 2. The van der Waals surface area contributed by atoms with Crippen molar-refractivity contribution >= 4 is 25.6 Å². The first-order valence-corrected chi connectivity index (χ1v) is 22.4. The predicted molar refractivity (Wildman–Crippen MR) is 159 cm³/mol. The Bertz CT molecular complexity index is 1630. The molecule has 2 unspecified atom stereocenters. The van der Waals surface area contributed by atoms with Crippen LogP contribution in [0.4, 0.5) is 0 Å². The molecule has 2 atom stereocenters. The molecular formula is C35H35Cl2SiZr. The molecule has 0 aromatic heterocycles. The molecule has 0 saturated heterocycles. The topological polar surface area (TPSA) is 0 Å². The summed E-state index contributed by atoms with van der Waals surface area (Å²) >= 11 is -2.02. The molecule has 0 amide bonds. The standard InChI is InChI=1S/C23H27.C12H8Si.2ClH.Zr/c1-15(2)19-12-11-17-13-18(23(4,5)6)14-21(17)22(19)20-10-8-7-9-16(20)3;1-3-7-11-9(5-1)10-6-2-4-8-12(10)13-11;;;/h7-15H,1-6H3;1-7,13H;2*1H;/q;;;;+2/p-2. The number of fused-ring (bicyclic) bond motifs is 4. The first-order valence-electron chi connectivity index (χ1n) is 13.8. The number of hydrogen-bond donors (Lipinski definition) is 0. The van der Waals surface area contributed by atoms with Gasteiger partial charge >= 0.3 is 232 Å². The Hall–Kier alpha value is -1.70. The van der Waals surface area contributed by atoms with Gasteiger partial charge in [0, 0.05) is 0 Å². The average Bonchev–Trinajstić information content (AvgIpc) is 3.39. The van der Waals surface area contributed by atoms with Gasteiger partial charge in [-0.05, 0) is 0 Å². The van der Waals surface area contributed by atoms with Crippen molar-refractivity contribution in [1.82, 2.24) is 0 Å². The van der Waals surface area contributed by atoms with Crippen molar-refractivity contribution in [2.24, 2.45) is 5.41 Å². The van der Waals surface area contributed by atoms with Crippen LogP contribution in [0.5, 0.6) is 0 Å². The van der Waals surface area contributed by atoms with Crippen molar-refractivity contribution in [3.05, 3.63) is 107 Å². The van der Waals surface area contributed by atoms with E-state index in [-0.39, 0.29) is 30.2 Å². The molecule has 0 radical (unpaired) electrons. The predicted octanol–water partition coefficient (Wildman–Crippen LogP) is 1.05. The maximum atomic E-state index is 2.66. The van der Waals surface area contributed by atoms with Crippen LogP contribution in [-0.2, 0) is 20.9 Å². The first-order chi connectivity index (χ1) is 17.8. The third kappa shape index (κ3) is 4.16. The maximum Gasteiger partial charge on any atom is -1.00 e. The van der Waals surface area contributed by atoms with Gasteiger partial charge in [-0.15, -0.1) is 0 Å². The molecule has 3 aliphatic rings. The molecule has 0 saturated carbocycles. The number of benzene rings is 4. The third-order valence-electron chi connectivity index (χ3n) is 9.03. The van der Waals surface area contributed by atoms with Crippen molar-refractivity contribution in [3.8, 4) is 22.3 Å². The van der Waals surface area contributed by atoms with Crippen LogP contribution in [0.1, 0.15) is 66.4 Å². The van der Waals surface area contributed by atoms with Gasteiger partial charge in [-0.25, -0.2) is 0 Å². The van der Waals surface area contributed by atoms with Gasteiger partial charge in [0.2, 0.25) is 0 Å². The third-order valence-corrected chi connectivity index (χ3v) is 31.2. The fourth-order valence-corrected chi connectivity index (χ4v) is 33.9. The summed E-state index contributed by atoms with van der Waals surface area (Å²) < 4.78 is 2.48. The van der Waals surface area contributed by atoms with Crippen LogP contribution < -0.4 is 38.5 Å². The van der Waals surface area contributed by atoms with Crippen LogP contribution in [0, 0.1) is 12.3 Å². The van der Waals surface area contributed by atoms with E-state index in [1.165, 1.54) is 27.8 Å². The molecule has 4 aromatic rings. The Morgan fingerprint density at radius 3 is 2.13 bits per heavy atom. The zero-order chi connectivity index (χ0) is 25.6. The first kappa shape index (κ1) is 28.8. The summed E-state index contributed by atoms with van der Waals surface area (Å²) in [4.78, 5) is 0. The molecule has 0 spiro atoms. The second-order valence-electron chi connectivity index (χ2n) is 12.5. The molecule has 0 fully saturated rings. The van der Waals surface area contributed by atoms with Gasteiger partial charge in [-0.2, -0.15) is 0 Å². The van der Waals surface area contributed by atoms with Gasteiger partial charge in [0.25, 0.3) is 0 Å². The molecular weight excluding hydrogens is 611 g/mol. The van der Waals surface area contributed by atoms with E-state index in [4.69, 9.17) is 0 Å². The zero-order valence-corrected chi connectivity index (χ0v) is 28.7. The second-order valence-corrected chi connectivity index (χ2v) is 27.5. The van der Waals surface area contributed by atoms with Gasteiger partial charge in [0.1, 0.15) is 0 Å². The SMILES string of the molecule is Cc1ccccc1-c1c(C(C)C)ccc2c1C=C(C(C)(C)C)[CH]2[Zr+2]1[c]2cccc3c2[SiH]1c1ccccc1-3.[Cl-].[Cl-]. The largest absolute Gasteiger partial charge is 1.00 e. The Labute approximate surface area is 255 Å². The Kier molecular flexibility index (Phi) is 7.60. The normalized spacial score (nSPS) is 17.9. The minimum atomic E-state index is -2.02. The molecule has 2 aliphatic heterocycles. The van der Waals surface area contributed by atoms with Crippen LogP contribution in [-0.4, -0.2) is 5.92 Å². The molecule has 39 heavy (non-hydrogen) atoms. The van der Waals surface area contributed by atoms with E-state index in [1.807, 2.05) is 8.46 Å². The average molecular weight is 646 g/mol. The molecule has 7 rings (SSSR count). The summed E-state index contributed by atoms with van der Waals surface area (Å²) in [6.45, 7) is 14.4. The van der Waals surface area contributed by atoms with Gasteiger partial charge < -0.3 is 24.8 Å². The van der Waals surface area contributed by atoms with Crippen molar-refractivity contribution in [3.63, 3.8) is 0 Å². The van der Waals surface area contributed by atoms with Gasteiger partial charge in [0.15, 0.2) is 0 Å². The van der Waals surface area contributed by atoms with E-state index in [0.29, 0.717) is 9.54 Å². The smallest absolute Gasteiger partial charge is 1.00 e. The molecule has 0 nitrogen and oxygen atoms in total. The van der Waals surface area contributed by atoms with Gasteiger partial charge in [0.05, 0.1) is 0 Å². The van der Waals surface area contributed by atoms with Crippen LogP contribution in [0.2, 0.25) is 0 Å². The molecule has 2 heterocycles. The number of aryl methyl sites for hydroxylation is 1. The molecule has 197 valence electrons. The minimum Gasteiger partial charge on any atom is -1.00 e. The fourth-order valence-electron chi connectivity index (χ4n) is 7.32. The van der Waals surface area contributed by atoms with E-state index in [9.17, 15) is 0 Å². The minimum absolute atomic E-state index is 0. The van der Waals surface area contributed by atoms with Gasteiger partial charge in [-0.3, -0.25) is 0 Å². The Morgan fingerprint density at radius 1 is 0.769 bits per heavy atom. The summed E-state index contributed by atoms with van der Waals surface area (Å²) in [5.74, 6) is -0.599. The molecule has 4 heteroatoms. The van der Waals surface area contributed by atoms with Gasteiger partial charge in [-0.1, -0.05) is 0 Å². The number of rotatable bonds is 3. The summed E-state index contributed by atoms with van der Waals surface area (Å²) in [6.07, 6.45) is 2.66. The zero-order valence-electron chi connectivity index (χ0n) is 23.6. The summed E-state index contributed by atoms with van der Waals surface area (Å²) in [5, 5.41) is 3.57. The molecule has 0 N–H and O–H groups in total. The van der Waals surface area contributed by atoms with E-state index in [1.54, 1.807) is 27.5 Å². The van der Waals surface area contributed by atoms with Crippen LogP contribution in [0.25, 0.3) is 28.3 Å². The van der Waals surface area contributed by atoms with Crippen molar-refractivity contribution in [2.45, 2.75) is 51.1 Å².